The second kappa shape index (κ2) is 3.17. The van der Waals surface area contributed by atoms with Crippen molar-refractivity contribution in [2.45, 2.75) is 18.8 Å². The van der Waals surface area contributed by atoms with Gasteiger partial charge in [-0.25, -0.2) is 0 Å². The van der Waals surface area contributed by atoms with Crippen LogP contribution in [0.1, 0.15) is 40.8 Å². The average molecular weight is 188 g/mol. The summed E-state index contributed by atoms with van der Waals surface area (Å²) < 4.78 is 92.3. The van der Waals surface area contributed by atoms with E-state index >= 15 is 0 Å². The zero-order valence-electron chi connectivity index (χ0n) is 18.3. The first-order chi connectivity index (χ1) is 11.0. The predicted octanol–water partition coefficient (Wildman–Crippen LogP) is 1.37. The molecule has 1 fully saturated rings. The van der Waals surface area contributed by atoms with E-state index in [-0.39, 0.29) is 4.90 Å². The number of likely N-dealkylation sites (tertiary alicyclic amines) is 1. The molecule has 1 amide bonds. The number of carbonyl (C=O) groups is 1. The normalized spacial score (nSPS) is 50.2. The maximum atomic E-state index is 12.3. The minimum absolute atomic E-state index is 0.337. The monoisotopic (exact) mass is 188 g/mol. The smallest absolute Gasteiger partial charge is 0.222 e. The molecule has 0 saturated carbocycles. The van der Waals surface area contributed by atoms with Crippen LogP contribution < -0.4 is 0 Å². The van der Waals surface area contributed by atoms with E-state index in [0.717, 1.165) is 0 Å². The van der Waals surface area contributed by atoms with Gasteiger partial charge >= 0.3 is 0 Å². The minimum atomic E-state index is -3.49. The van der Waals surface area contributed by atoms with E-state index in [1.165, 1.54) is 0 Å². The Balaban J connectivity index is 2.98. The quantitative estimate of drug-likeness (QED) is 0.667. The van der Waals surface area contributed by atoms with Gasteiger partial charge in [0.25, 0.3) is 0 Å². The van der Waals surface area contributed by atoms with Crippen LogP contribution in [0.4, 0.5) is 0 Å². The van der Waals surface area contributed by atoms with Gasteiger partial charge in [-0.1, -0.05) is 6.04 Å². The van der Waals surface area contributed by atoms with Crippen molar-refractivity contribution in [3.05, 3.63) is 30.0 Å². The standard InChI is InChI=1S/C10H12N2O/c1-12-9(4-5-10(12)13)8-3-2-6-11-7-8/h2-3,6-7,9H,4-5H2,1H3/t9-/m0/s1/i1D3,2D,3D,4D2,5D2,6D,7D,9D. The summed E-state index contributed by atoms with van der Waals surface area (Å²) in [6, 6.07) is -5.30. The molecule has 0 N–H and O–H groups in total. The number of carbonyl (C=O) groups excluding carboxylic acids is 1. The lowest BCUT2D eigenvalue weighted by Crippen LogP contribution is -2.22. The SMILES string of the molecule is [2H]c1nc([2H])c([C@@]2([2H])N(C([2H])([2H])[2H])C(=O)C([2H])([2H])C2([2H])[2H])c([2H])c1[2H]. The number of aromatic nitrogens is 1. The number of amides is 1. The molecule has 2 heterocycles. The van der Waals surface area contributed by atoms with Crippen molar-refractivity contribution >= 4 is 5.91 Å². The Morgan fingerprint density at radius 2 is 2.92 bits per heavy atom. The summed E-state index contributed by atoms with van der Waals surface area (Å²) in [5.41, 5.74) is -1.07. The van der Waals surface area contributed by atoms with Gasteiger partial charge in [0.2, 0.25) is 5.91 Å². The number of pyridine rings is 1. The van der Waals surface area contributed by atoms with Gasteiger partial charge in [0.05, 0.1) is 12.9 Å². The zero-order valence-corrected chi connectivity index (χ0v) is 6.30. The molecular weight excluding hydrogens is 164 g/mol. The Morgan fingerprint density at radius 1 is 2.00 bits per heavy atom. The maximum Gasteiger partial charge on any atom is 0.222 e. The Kier molecular flexibility index (Phi) is 0.527. The number of hydrogen-bond donors (Lipinski definition) is 0. The molecule has 0 aromatic carbocycles. The molecule has 1 saturated heterocycles. The van der Waals surface area contributed by atoms with Gasteiger partial charge in [-0.2, -0.15) is 0 Å². The van der Waals surface area contributed by atoms with Crippen LogP contribution in [0, 0.1) is 0 Å². The van der Waals surface area contributed by atoms with E-state index in [1.54, 1.807) is 0 Å². The summed E-state index contributed by atoms with van der Waals surface area (Å²) in [6.07, 6.45) is -8.81. The maximum absolute atomic E-state index is 12.3. The fraction of sp³-hybridized carbons (Fsp3) is 0.400. The van der Waals surface area contributed by atoms with Crippen molar-refractivity contribution < 1.29 is 21.2 Å². The molecular formula is C10H12N2O. The van der Waals surface area contributed by atoms with Gasteiger partial charge in [-0.15, -0.1) is 0 Å². The molecule has 1 aromatic heterocycles. The number of rotatable bonds is 1. The third-order valence-corrected chi connectivity index (χ3v) is 1.42. The summed E-state index contributed by atoms with van der Waals surface area (Å²) in [5, 5.41) is 0. The van der Waals surface area contributed by atoms with Crippen molar-refractivity contribution in [3.63, 3.8) is 0 Å². The van der Waals surface area contributed by atoms with Gasteiger partial charge in [0.15, 0.2) is 0 Å². The summed E-state index contributed by atoms with van der Waals surface area (Å²) in [5.74, 6) is -1.84. The Labute approximate surface area is 94.3 Å². The third-order valence-electron chi connectivity index (χ3n) is 1.42. The van der Waals surface area contributed by atoms with E-state index in [0.29, 0.717) is 0 Å². The Hall–Kier alpha value is -1.38. The van der Waals surface area contributed by atoms with Crippen LogP contribution >= 0.6 is 0 Å². The molecule has 1 aliphatic rings. The molecule has 13 heavy (non-hydrogen) atoms. The van der Waals surface area contributed by atoms with Crippen LogP contribution in [0.25, 0.3) is 0 Å². The van der Waals surface area contributed by atoms with Gasteiger partial charge in [0.1, 0.15) is 0 Å². The van der Waals surface area contributed by atoms with Crippen LogP contribution in [0.15, 0.2) is 24.4 Å². The fourth-order valence-electron chi connectivity index (χ4n) is 0.843. The molecule has 0 radical (unpaired) electrons. The topological polar surface area (TPSA) is 33.2 Å². The molecule has 1 aromatic rings. The lowest BCUT2D eigenvalue weighted by Gasteiger charge is -2.19. The van der Waals surface area contributed by atoms with Crippen molar-refractivity contribution in [1.29, 1.82) is 0 Å². The second-order valence-corrected chi connectivity index (χ2v) is 2.20. The molecule has 0 spiro atoms. The molecule has 1 aliphatic heterocycles. The van der Waals surface area contributed by atoms with E-state index in [4.69, 9.17) is 16.4 Å². The highest BCUT2D eigenvalue weighted by Gasteiger charge is 2.28. The fourth-order valence-corrected chi connectivity index (χ4v) is 0.843. The zero-order chi connectivity index (χ0) is 19.7. The van der Waals surface area contributed by atoms with E-state index in [2.05, 4.69) is 4.98 Å². The summed E-state index contributed by atoms with van der Waals surface area (Å²) >= 11 is 0. The van der Waals surface area contributed by atoms with Crippen molar-refractivity contribution in [3.8, 4) is 0 Å². The highest BCUT2D eigenvalue weighted by molar-refractivity contribution is 5.78. The molecule has 3 heteroatoms. The van der Waals surface area contributed by atoms with Crippen LogP contribution in [0.5, 0.6) is 0 Å². The van der Waals surface area contributed by atoms with Crippen molar-refractivity contribution in [2.75, 3.05) is 6.98 Å². The van der Waals surface area contributed by atoms with E-state index in [9.17, 15) is 4.79 Å². The highest BCUT2D eigenvalue weighted by atomic mass is 16.2. The molecule has 0 bridgehead atoms. The lowest BCUT2D eigenvalue weighted by atomic mass is 10.1. The van der Waals surface area contributed by atoms with Crippen LogP contribution in [-0.4, -0.2) is 22.8 Å². The first-order valence-electron chi connectivity index (χ1n) is 9.32. The second-order valence-electron chi connectivity index (χ2n) is 2.20. The number of hydrogen-bond acceptors (Lipinski definition) is 2. The van der Waals surface area contributed by atoms with E-state index < -0.39 is 61.6 Å². The Morgan fingerprint density at radius 3 is 3.77 bits per heavy atom. The van der Waals surface area contributed by atoms with Crippen LogP contribution in [0.2, 0.25) is 0 Å². The largest absolute Gasteiger partial charge is 0.339 e. The molecule has 0 aliphatic carbocycles. The average Bonchev–Trinajstić information content (AvgIpc) is 2.52. The van der Waals surface area contributed by atoms with Gasteiger partial charge in [0, 0.05) is 35.3 Å². The van der Waals surface area contributed by atoms with Gasteiger partial charge < -0.3 is 4.90 Å². The van der Waals surface area contributed by atoms with Crippen LogP contribution in [-0.2, 0) is 4.79 Å². The van der Waals surface area contributed by atoms with Gasteiger partial charge in [-0.05, 0) is 18.0 Å². The van der Waals surface area contributed by atoms with E-state index in [1.807, 2.05) is 0 Å². The predicted molar refractivity (Wildman–Crippen MR) is 49.0 cm³/mol. The molecule has 0 unspecified atom stereocenters. The number of nitrogens with zero attached hydrogens (tertiary/aromatic N) is 2. The molecule has 3 nitrogen and oxygen atoms in total. The van der Waals surface area contributed by atoms with Crippen LogP contribution in [0.3, 0.4) is 0 Å². The minimum Gasteiger partial charge on any atom is -0.339 e. The van der Waals surface area contributed by atoms with Crippen molar-refractivity contribution in [2.24, 2.45) is 0 Å². The van der Waals surface area contributed by atoms with Crippen molar-refractivity contribution in [1.82, 2.24) is 9.88 Å². The summed E-state index contributed by atoms with van der Waals surface area (Å²) in [7, 11) is 0. The first kappa shape index (κ1) is 2.16. The molecule has 68 valence electrons. The third kappa shape index (κ3) is 1.41. The molecule has 1 atom stereocenters. The summed E-state index contributed by atoms with van der Waals surface area (Å²) in [6.45, 7) is -3.46. The molecule has 2 rings (SSSR count). The lowest BCUT2D eigenvalue weighted by molar-refractivity contribution is -0.127. The van der Waals surface area contributed by atoms with Gasteiger partial charge in [-0.3, -0.25) is 9.78 Å². The Bertz CT molecular complexity index is 759. The summed E-state index contributed by atoms with van der Waals surface area (Å²) in [4.78, 5) is 15.2. The highest BCUT2D eigenvalue weighted by Crippen LogP contribution is 2.30. The first-order valence-corrected chi connectivity index (χ1v) is 3.32.